The van der Waals surface area contributed by atoms with Crippen molar-refractivity contribution in [2.24, 2.45) is 0 Å². The molecule has 0 bridgehead atoms. The van der Waals surface area contributed by atoms with E-state index in [-0.39, 0.29) is 12.1 Å². The number of hydrogen-bond donors (Lipinski definition) is 1. The van der Waals surface area contributed by atoms with Crippen molar-refractivity contribution in [2.45, 2.75) is 44.2 Å². The van der Waals surface area contributed by atoms with Crippen LogP contribution in [0.25, 0.3) is 0 Å². The van der Waals surface area contributed by atoms with Gasteiger partial charge in [0.15, 0.2) is 18.4 Å². The summed E-state index contributed by atoms with van der Waals surface area (Å²) in [7, 11) is 0. The van der Waals surface area contributed by atoms with Crippen molar-refractivity contribution in [1.82, 2.24) is 5.32 Å². The molecule has 4 atom stereocenters. The Bertz CT molecular complexity index is 292. The molecule has 0 aliphatic carbocycles. The molecule has 0 aromatic rings. The molecule has 0 aromatic carbocycles. The number of aldehydes is 1. The summed E-state index contributed by atoms with van der Waals surface area (Å²) in [6.07, 6.45) is 1.28. The van der Waals surface area contributed by atoms with Gasteiger partial charge < -0.3 is 24.3 Å². The zero-order valence-electron chi connectivity index (χ0n) is 9.51. The van der Waals surface area contributed by atoms with Crippen molar-refractivity contribution in [1.29, 1.82) is 0 Å². The minimum Gasteiger partial charge on any atom is -0.340 e. The van der Waals surface area contributed by atoms with Crippen molar-refractivity contribution in [3.05, 3.63) is 12.7 Å². The van der Waals surface area contributed by atoms with E-state index in [4.69, 9.17) is 14.2 Å². The lowest BCUT2D eigenvalue weighted by Gasteiger charge is -2.23. The molecule has 0 aromatic heterocycles. The third kappa shape index (κ3) is 2.04. The minimum atomic E-state index is -0.655. The summed E-state index contributed by atoms with van der Waals surface area (Å²) in [6, 6.07) is -0.178. The fourth-order valence-electron chi connectivity index (χ4n) is 2.10. The smallest absolute Gasteiger partial charge is 0.189 e. The van der Waals surface area contributed by atoms with Gasteiger partial charge in [0.1, 0.15) is 12.2 Å². The van der Waals surface area contributed by atoms with Gasteiger partial charge in [-0.05, 0) is 13.8 Å². The standard InChI is InChI=1S/C11H17NO4/c1-4-5-12-8-7(6-13)14-10-9(8)15-11(2,3)16-10/h4,6-10,12H,1,5H2,2-3H3/t7-,8-,9-,10-/m1/s1. The number of hydrogen-bond acceptors (Lipinski definition) is 5. The van der Waals surface area contributed by atoms with E-state index in [1.807, 2.05) is 13.8 Å². The minimum absolute atomic E-state index is 0.178. The maximum atomic E-state index is 10.9. The van der Waals surface area contributed by atoms with E-state index in [2.05, 4.69) is 11.9 Å². The summed E-state index contributed by atoms with van der Waals surface area (Å²) in [6.45, 7) is 7.88. The van der Waals surface area contributed by atoms with Crippen LogP contribution in [0, 0.1) is 0 Å². The number of ether oxygens (including phenoxy) is 3. The van der Waals surface area contributed by atoms with E-state index < -0.39 is 18.2 Å². The van der Waals surface area contributed by atoms with Crippen LogP contribution in [0.2, 0.25) is 0 Å². The Labute approximate surface area is 94.7 Å². The van der Waals surface area contributed by atoms with Crippen LogP contribution < -0.4 is 5.32 Å². The number of fused-ring (bicyclic) bond motifs is 1. The first kappa shape index (κ1) is 11.7. The van der Waals surface area contributed by atoms with Crippen LogP contribution in [0.4, 0.5) is 0 Å². The lowest BCUT2D eigenvalue weighted by Crippen LogP contribution is -2.46. The first-order valence-corrected chi connectivity index (χ1v) is 5.38. The third-order valence-electron chi connectivity index (χ3n) is 2.72. The Morgan fingerprint density at radius 3 is 2.81 bits per heavy atom. The van der Waals surface area contributed by atoms with Crippen LogP contribution in [0.3, 0.4) is 0 Å². The molecular weight excluding hydrogens is 210 g/mol. The zero-order chi connectivity index (χ0) is 11.8. The molecule has 0 unspecified atom stereocenters. The van der Waals surface area contributed by atoms with Crippen molar-refractivity contribution in [3.63, 3.8) is 0 Å². The molecule has 2 aliphatic rings. The highest BCUT2D eigenvalue weighted by Gasteiger charge is 2.54. The summed E-state index contributed by atoms with van der Waals surface area (Å²) in [5.74, 6) is -0.655. The summed E-state index contributed by atoms with van der Waals surface area (Å²) >= 11 is 0. The molecule has 0 radical (unpaired) electrons. The van der Waals surface area contributed by atoms with Gasteiger partial charge in [-0.25, -0.2) is 0 Å². The molecule has 2 fully saturated rings. The molecule has 16 heavy (non-hydrogen) atoms. The zero-order valence-corrected chi connectivity index (χ0v) is 9.51. The van der Waals surface area contributed by atoms with E-state index in [1.54, 1.807) is 6.08 Å². The molecule has 0 saturated carbocycles. The first-order valence-electron chi connectivity index (χ1n) is 5.38. The molecule has 5 nitrogen and oxygen atoms in total. The second-order valence-electron chi connectivity index (χ2n) is 4.43. The molecule has 2 aliphatic heterocycles. The molecule has 90 valence electrons. The molecular formula is C11H17NO4. The van der Waals surface area contributed by atoms with Gasteiger partial charge in [0.2, 0.25) is 0 Å². The summed E-state index contributed by atoms with van der Waals surface area (Å²) in [5, 5.41) is 3.16. The predicted molar refractivity (Wildman–Crippen MR) is 56.7 cm³/mol. The highest BCUT2D eigenvalue weighted by Crippen LogP contribution is 2.36. The Balaban J connectivity index is 2.07. The molecule has 2 heterocycles. The maximum absolute atomic E-state index is 10.9. The first-order chi connectivity index (χ1) is 7.57. The van der Waals surface area contributed by atoms with Crippen LogP contribution in [-0.2, 0) is 19.0 Å². The molecule has 5 heteroatoms. The van der Waals surface area contributed by atoms with Crippen molar-refractivity contribution in [3.8, 4) is 0 Å². The Morgan fingerprint density at radius 1 is 1.44 bits per heavy atom. The number of rotatable bonds is 4. The van der Waals surface area contributed by atoms with Crippen LogP contribution in [-0.4, -0.2) is 43.2 Å². The molecule has 2 rings (SSSR count). The summed E-state index contributed by atoms with van der Waals surface area (Å²) < 4.78 is 16.7. The van der Waals surface area contributed by atoms with Gasteiger partial charge in [0, 0.05) is 6.54 Å². The SMILES string of the molecule is C=CCN[C@H]1[C@H]2OC(C)(C)O[C@H]2O[C@@H]1C=O. The largest absolute Gasteiger partial charge is 0.340 e. The number of nitrogens with one attached hydrogen (secondary N) is 1. The average Bonchev–Trinajstić information content (AvgIpc) is 2.67. The topological polar surface area (TPSA) is 56.8 Å². The highest BCUT2D eigenvalue weighted by atomic mass is 16.8. The molecule has 0 spiro atoms. The normalized spacial score (nSPS) is 40.6. The molecule has 2 saturated heterocycles. The Morgan fingerprint density at radius 2 is 2.19 bits per heavy atom. The number of carbonyl (C=O) groups excluding carboxylic acids is 1. The van der Waals surface area contributed by atoms with Gasteiger partial charge in [-0.3, -0.25) is 0 Å². The lowest BCUT2D eigenvalue weighted by atomic mass is 10.1. The van der Waals surface area contributed by atoms with Crippen LogP contribution in [0.15, 0.2) is 12.7 Å². The fraction of sp³-hybridized carbons (Fsp3) is 0.727. The lowest BCUT2D eigenvalue weighted by molar-refractivity contribution is -0.205. The molecule has 0 amide bonds. The van der Waals surface area contributed by atoms with Gasteiger partial charge in [-0.2, -0.15) is 0 Å². The van der Waals surface area contributed by atoms with Gasteiger partial charge in [0.25, 0.3) is 0 Å². The monoisotopic (exact) mass is 227 g/mol. The fourth-order valence-corrected chi connectivity index (χ4v) is 2.10. The van der Waals surface area contributed by atoms with Crippen LogP contribution >= 0.6 is 0 Å². The average molecular weight is 227 g/mol. The quantitative estimate of drug-likeness (QED) is 0.549. The van der Waals surface area contributed by atoms with Gasteiger partial charge in [-0.1, -0.05) is 6.08 Å². The highest BCUT2D eigenvalue weighted by molar-refractivity contribution is 5.58. The van der Waals surface area contributed by atoms with Gasteiger partial charge in [-0.15, -0.1) is 6.58 Å². The Kier molecular flexibility index (Phi) is 3.12. The predicted octanol–water partition coefficient (Wildman–Crippen LogP) is 0.206. The van der Waals surface area contributed by atoms with Crippen LogP contribution in [0.1, 0.15) is 13.8 Å². The second kappa shape index (κ2) is 4.25. The van der Waals surface area contributed by atoms with Crippen molar-refractivity contribution < 1.29 is 19.0 Å². The van der Waals surface area contributed by atoms with E-state index in [1.165, 1.54) is 0 Å². The summed E-state index contributed by atoms with van der Waals surface area (Å²) in [5.41, 5.74) is 0. The van der Waals surface area contributed by atoms with Crippen molar-refractivity contribution >= 4 is 6.29 Å². The Hall–Kier alpha value is -0.750. The van der Waals surface area contributed by atoms with Crippen molar-refractivity contribution in [2.75, 3.05) is 6.54 Å². The van der Waals surface area contributed by atoms with Gasteiger partial charge >= 0.3 is 0 Å². The van der Waals surface area contributed by atoms with E-state index in [9.17, 15) is 4.79 Å². The van der Waals surface area contributed by atoms with E-state index >= 15 is 0 Å². The second-order valence-corrected chi connectivity index (χ2v) is 4.43. The van der Waals surface area contributed by atoms with E-state index in [0.29, 0.717) is 6.54 Å². The number of carbonyl (C=O) groups is 1. The summed E-state index contributed by atoms with van der Waals surface area (Å²) in [4.78, 5) is 10.9. The van der Waals surface area contributed by atoms with Crippen LogP contribution in [0.5, 0.6) is 0 Å². The molecule has 1 N–H and O–H groups in total. The van der Waals surface area contributed by atoms with Gasteiger partial charge in [0.05, 0.1) is 6.04 Å². The third-order valence-corrected chi connectivity index (χ3v) is 2.72. The van der Waals surface area contributed by atoms with E-state index in [0.717, 1.165) is 6.29 Å². The maximum Gasteiger partial charge on any atom is 0.189 e.